The van der Waals surface area contributed by atoms with E-state index in [1.54, 1.807) is 0 Å². The quantitative estimate of drug-likeness (QED) is 0.512. The highest BCUT2D eigenvalue weighted by Crippen LogP contribution is 2.65. The van der Waals surface area contributed by atoms with Crippen LogP contribution in [0.5, 0.6) is 0 Å². The second-order valence-electron chi connectivity index (χ2n) is 1.57. The molecule has 2 nitrogen and oxygen atoms in total. The lowest BCUT2D eigenvalue weighted by atomic mass is 11.5. The summed E-state index contributed by atoms with van der Waals surface area (Å²) in [5.74, 6) is -5.72. The Morgan fingerprint density at radius 1 is 1.18 bits per heavy atom. The zero-order valence-corrected chi connectivity index (χ0v) is 10.6. The molecule has 0 bridgehead atoms. The third-order valence-electron chi connectivity index (χ3n) is 0.579. The van der Waals surface area contributed by atoms with E-state index in [0.717, 1.165) is 0 Å². The molecule has 0 aromatic carbocycles. The van der Waals surface area contributed by atoms with Crippen LogP contribution in [-0.4, -0.2) is 11.9 Å². The van der Waals surface area contributed by atoms with Crippen LogP contribution in [0, 0.1) is 0 Å². The lowest BCUT2D eigenvalue weighted by Gasteiger charge is -2.03. The summed E-state index contributed by atoms with van der Waals surface area (Å²) in [7, 11) is 0. The molecule has 0 aliphatic carbocycles. The predicted octanol–water partition coefficient (Wildman–Crippen LogP) is 5.32. The van der Waals surface area contributed by atoms with Crippen LogP contribution < -0.4 is 0 Å². The van der Waals surface area contributed by atoms with E-state index >= 15 is 0 Å². The molecule has 9 heteroatoms. The third kappa shape index (κ3) is 8.25. The van der Waals surface area contributed by atoms with Crippen molar-refractivity contribution in [3.63, 3.8) is 0 Å². The number of rotatable bonds is 3. The minimum atomic E-state index is -3.20. The molecule has 0 unspecified atom stereocenters. The van der Waals surface area contributed by atoms with Crippen LogP contribution in [0.25, 0.3) is 0 Å². The lowest BCUT2D eigenvalue weighted by Crippen LogP contribution is -1.70. The molecule has 0 saturated carbocycles. The van der Waals surface area contributed by atoms with Gasteiger partial charge in [0.25, 0.3) is 5.85 Å². The summed E-state index contributed by atoms with van der Waals surface area (Å²) in [6, 6.07) is 0. The Kier molecular flexibility index (Phi) is 5.82. The first kappa shape index (κ1) is 12.9. The number of nitrogens with zero attached hydrogens (tertiary/aromatic N) is 1. The number of hydrogen-bond donors (Lipinski definition) is 0. The van der Waals surface area contributed by atoms with Gasteiger partial charge in [-0.15, -0.1) is 11.6 Å². The van der Waals surface area contributed by atoms with Crippen molar-refractivity contribution < 1.29 is 4.57 Å². The monoisotopic (exact) mass is 295 g/mol. The molecular formula is C2H4Cl5NOP2. The second kappa shape index (κ2) is 4.96. The first-order chi connectivity index (χ1) is 4.77. The molecule has 0 saturated heterocycles. The fraction of sp³-hybridized carbons (Fsp3) is 1.00. The molecule has 68 valence electrons. The van der Waals surface area contributed by atoms with E-state index in [0.29, 0.717) is 0 Å². The van der Waals surface area contributed by atoms with Crippen molar-refractivity contribution in [1.29, 1.82) is 0 Å². The summed E-state index contributed by atoms with van der Waals surface area (Å²) in [6.45, 7) is 0. The molecule has 0 atom stereocenters. The Balaban J connectivity index is 4.25. The second-order valence-corrected chi connectivity index (χ2v) is 13.1. The van der Waals surface area contributed by atoms with Crippen LogP contribution in [0.3, 0.4) is 0 Å². The fourth-order valence-corrected chi connectivity index (χ4v) is 3.56. The predicted molar refractivity (Wildman–Crippen MR) is 56.0 cm³/mol. The lowest BCUT2D eigenvalue weighted by molar-refractivity contribution is 0.593. The molecule has 0 rings (SSSR count). The first-order valence-corrected chi connectivity index (χ1v) is 10.2. The maximum absolute atomic E-state index is 10.7. The van der Waals surface area contributed by atoms with Crippen molar-refractivity contribution in [2.75, 3.05) is 11.9 Å². The molecular weight excluding hydrogens is 293 g/mol. The minimum Gasteiger partial charge on any atom is -0.287 e. The molecule has 0 aliphatic heterocycles. The van der Waals surface area contributed by atoms with Gasteiger partial charge in [0, 0.05) is 0 Å². The summed E-state index contributed by atoms with van der Waals surface area (Å²) >= 11 is 26.8. The Morgan fingerprint density at radius 2 is 1.64 bits per heavy atom. The summed E-state index contributed by atoms with van der Waals surface area (Å²) in [5.41, 5.74) is 0.00386. The van der Waals surface area contributed by atoms with Crippen LogP contribution in [0.1, 0.15) is 0 Å². The molecule has 0 spiro atoms. The molecule has 0 aliphatic rings. The van der Waals surface area contributed by atoms with Gasteiger partial charge in [0.1, 0.15) is 6.29 Å². The zero-order chi connectivity index (χ0) is 9.12. The van der Waals surface area contributed by atoms with Crippen molar-refractivity contribution in [3.8, 4) is 0 Å². The maximum Gasteiger partial charge on any atom is 0.273 e. The summed E-state index contributed by atoms with van der Waals surface area (Å²) < 4.78 is 14.3. The Labute approximate surface area is 89.1 Å². The van der Waals surface area contributed by atoms with Gasteiger partial charge in [0.05, 0.1) is 5.62 Å². The standard InChI is InChI=1S/C2H4Cl5NOP2/c3-1-10(4,5)8-2-11(6,7)9/h1-2H2. The largest absolute Gasteiger partial charge is 0.287 e. The van der Waals surface area contributed by atoms with Crippen molar-refractivity contribution >= 4 is 68.2 Å². The molecule has 0 aromatic rings. The Hall–Kier alpha value is 1.91. The highest BCUT2D eigenvalue weighted by atomic mass is 35.9. The molecule has 0 N–H and O–H groups in total. The highest BCUT2D eigenvalue weighted by molar-refractivity contribution is 8.12. The highest BCUT2D eigenvalue weighted by Gasteiger charge is 2.16. The van der Waals surface area contributed by atoms with Crippen LogP contribution in [0.4, 0.5) is 0 Å². The van der Waals surface area contributed by atoms with Gasteiger partial charge >= 0.3 is 0 Å². The fourth-order valence-electron chi connectivity index (χ4n) is 0.204. The molecule has 11 heavy (non-hydrogen) atoms. The van der Waals surface area contributed by atoms with E-state index in [1.807, 2.05) is 0 Å². The van der Waals surface area contributed by atoms with Crippen LogP contribution in [0.15, 0.2) is 4.74 Å². The van der Waals surface area contributed by atoms with Gasteiger partial charge in [-0.2, -0.15) is 0 Å². The van der Waals surface area contributed by atoms with Crippen molar-refractivity contribution in [1.82, 2.24) is 0 Å². The first-order valence-electron chi connectivity index (χ1n) is 2.27. The number of halogens is 5. The molecule has 0 heterocycles. The van der Waals surface area contributed by atoms with Gasteiger partial charge in [-0.25, -0.2) is 0 Å². The zero-order valence-electron chi connectivity index (χ0n) is 5.05. The number of alkyl halides is 1. The van der Waals surface area contributed by atoms with E-state index in [9.17, 15) is 4.57 Å². The third-order valence-corrected chi connectivity index (χ3v) is 5.89. The van der Waals surface area contributed by atoms with Crippen LogP contribution in [0.2, 0.25) is 0 Å². The minimum absolute atomic E-state index is 0.00386. The number of hydrogen-bond acceptors (Lipinski definition) is 2. The molecule has 0 aromatic heterocycles. The van der Waals surface area contributed by atoms with Gasteiger partial charge in [-0.05, 0) is 22.5 Å². The van der Waals surface area contributed by atoms with Crippen LogP contribution >= 0.6 is 68.2 Å². The van der Waals surface area contributed by atoms with Crippen molar-refractivity contribution in [2.24, 2.45) is 4.74 Å². The summed E-state index contributed by atoms with van der Waals surface area (Å²) in [6.07, 6.45) is -0.246. The normalized spacial score (nSPS) is 13.2. The molecule has 0 radical (unpaired) electrons. The average Bonchev–Trinajstić information content (AvgIpc) is 1.83. The van der Waals surface area contributed by atoms with E-state index in [2.05, 4.69) is 4.74 Å². The Morgan fingerprint density at radius 3 is 1.91 bits per heavy atom. The van der Waals surface area contributed by atoms with Crippen LogP contribution in [-0.2, 0) is 4.57 Å². The molecule has 0 fully saturated rings. The SMILES string of the molecule is O=P(Cl)(Cl)CN=P(Cl)(Cl)CCl. The van der Waals surface area contributed by atoms with E-state index in [4.69, 9.17) is 56.6 Å². The molecule has 0 amide bonds. The van der Waals surface area contributed by atoms with Gasteiger partial charge in [0.15, 0.2) is 5.76 Å². The van der Waals surface area contributed by atoms with Crippen molar-refractivity contribution in [3.05, 3.63) is 0 Å². The van der Waals surface area contributed by atoms with E-state index in [-0.39, 0.29) is 11.9 Å². The van der Waals surface area contributed by atoms with Gasteiger partial charge in [-0.3, -0.25) is 9.31 Å². The van der Waals surface area contributed by atoms with Gasteiger partial charge in [-0.1, -0.05) is 22.5 Å². The van der Waals surface area contributed by atoms with E-state index < -0.39 is 11.6 Å². The maximum atomic E-state index is 10.7. The van der Waals surface area contributed by atoms with Gasteiger partial charge in [0.2, 0.25) is 0 Å². The summed E-state index contributed by atoms with van der Waals surface area (Å²) in [4.78, 5) is 0. The average molecular weight is 297 g/mol. The van der Waals surface area contributed by atoms with E-state index in [1.165, 1.54) is 0 Å². The van der Waals surface area contributed by atoms with Gasteiger partial charge < -0.3 is 0 Å². The topological polar surface area (TPSA) is 29.4 Å². The summed E-state index contributed by atoms with van der Waals surface area (Å²) in [5, 5.41) is 0. The Bertz CT molecular complexity index is 217. The smallest absolute Gasteiger partial charge is 0.273 e. The van der Waals surface area contributed by atoms with Crippen molar-refractivity contribution in [2.45, 2.75) is 0 Å².